The van der Waals surface area contributed by atoms with Crippen molar-refractivity contribution >= 4 is 17.6 Å². The van der Waals surface area contributed by atoms with Crippen molar-refractivity contribution in [1.82, 2.24) is 0 Å². The molecule has 92 valence electrons. The molecule has 0 amide bonds. The summed E-state index contributed by atoms with van der Waals surface area (Å²) < 4.78 is 4.65. The van der Waals surface area contributed by atoms with E-state index < -0.39 is 0 Å². The highest BCUT2D eigenvalue weighted by atomic mass is 35.5. The van der Waals surface area contributed by atoms with Crippen molar-refractivity contribution in [3.8, 4) is 0 Å². The number of hydrogen-bond donors (Lipinski definition) is 0. The maximum absolute atomic E-state index is 11.3. The van der Waals surface area contributed by atoms with Gasteiger partial charge in [-0.25, -0.2) is 4.79 Å². The number of hydrogen-bond acceptors (Lipinski definition) is 2. The Labute approximate surface area is 111 Å². The SMILES string of the molecule is COC(=O)c1ccc(Cc2ccccc2Cl)cc1. The van der Waals surface area contributed by atoms with E-state index in [0.29, 0.717) is 5.56 Å². The lowest BCUT2D eigenvalue weighted by atomic mass is 10.0. The molecule has 2 nitrogen and oxygen atoms in total. The first kappa shape index (κ1) is 12.7. The maximum atomic E-state index is 11.3. The fourth-order valence-corrected chi connectivity index (χ4v) is 1.94. The highest BCUT2D eigenvalue weighted by molar-refractivity contribution is 6.31. The summed E-state index contributed by atoms with van der Waals surface area (Å²) in [5, 5.41) is 0.759. The van der Waals surface area contributed by atoms with Crippen LogP contribution in [0.5, 0.6) is 0 Å². The fourth-order valence-electron chi connectivity index (χ4n) is 1.74. The third kappa shape index (κ3) is 2.90. The van der Waals surface area contributed by atoms with E-state index in [4.69, 9.17) is 11.6 Å². The molecule has 0 fully saturated rings. The van der Waals surface area contributed by atoms with Crippen LogP contribution in [-0.4, -0.2) is 13.1 Å². The van der Waals surface area contributed by atoms with Crippen LogP contribution < -0.4 is 0 Å². The van der Waals surface area contributed by atoms with Gasteiger partial charge >= 0.3 is 5.97 Å². The molecule has 0 spiro atoms. The van der Waals surface area contributed by atoms with E-state index >= 15 is 0 Å². The molecule has 2 rings (SSSR count). The van der Waals surface area contributed by atoms with Gasteiger partial charge in [0, 0.05) is 5.02 Å². The van der Waals surface area contributed by atoms with Gasteiger partial charge in [-0.15, -0.1) is 0 Å². The van der Waals surface area contributed by atoms with Gasteiger partial charge in [-0.05, 0) is 35.7 Å². The van der Waals surface area contributed by atoms with E-state index in [0.717, 1.165) is 22.6 Å². The minimum absolute atomic E-state index is 0.320. The molecule has 0 saturated carbocycles. The number of methoxy groups -OCH3 is 1. The molecule has 0 aliphatic heterocycles. The third-order valence-corrected chi connectivity index (χ3v) is 3.10. The van der Waals surface area contributed by atoms with Gasteiger partial charge in [0.25, 0.3) is 0 Å². The fraction of sp³-hybridized carbons (Fsp3) is 0.133. The van der Waals surface area contributed by atoms with E-state index in [1.54, 1.807) is 12.1 Å². The highest BCUT2D eigenvalue weighted by Crippen LogP contribution is 2.19. The summed E-state index contributed by atoms with van der Waals surface area (Å²) in [6, 6.07) is 15.1. The van der Waals surface area contributed by atoms with Gasteiger partial charge in [-0.3, -0.25) is 0 Å². The maximum Gasteiger partial charge on any atom is 0.337 e. The van der Waals surface area contributed by atoms with Crippen molar-refractivity contribution in [3.05, 3.63) is 70.2 Å². The number of ether oxygens (including phenoxy) is 1. The number of esters is 1. The van der Waals surface area contributed by atoms with Crippen LogP contribution in [0.15, 0.2) is 48.5 Å². The number of halogens is 1. The van der Waals surface area contributed by atoms with Gasteiger partial charge in [0.05, 0.1) is 12.7 Å². The molecule has 2 aromatic rings. The molecule has 2 aromatic carbocycles. The van der Waals surface area contributed by atoms with E-state index in [1.807, 2.05) is 36.4 Å². The first-order chi connectivity index (χ1) is 8.70. The van der Waals surface area contributed by atoms with E-state index in [2.05, 4.69) is 4.74 Å². The standard InChI is InChI=1S/C15H13ClO2/c1-18-15(17)12-8-6-11(7-9-12)10-13-4-2-3-5-14(13)16/h2-9H,10H2,1H3. The number of benzene rings is 2. The Morgan fingerprint density at radius 2 is 1.78 bits per heavy atom. The van der Waals surface area contributed by atoms with Gasteiger partial charge < -0.3 is 4.74 Å². The summed E-state index contributed by atoms with van der Waals surface area (Å²) in [6.07, 6.45) is 0.751. The summed E-state index contributed by atoms with van der Waals surface area (Å²) in [5.74, 6) is -0.320. The van der Waals surface area contributed by atoms with Crippen LogP contribution in [0.2, 0.25) is 5.02 Å². The van der Waals surface area contributed by atoms with Gasteiger partial charge in [-0.2, -0.15) is 0 Å². The minimum Gasteiger partial charge on any atom is -0.465 e. The first-order valence-corrected chi connectivity index (χ1v) is 5.99. The van der Waals surface area contributed by atoms with Crippen molar-refractivity contribution in [2.45, 2.75) is 6.42 Å². The molecule has 0 aliphatic carbocycles. The summed E-state index contributed by atoms with van der Waals surface area (Å²) in [5.41, 5.74) is 2.74. The summed E-state index contributed by atoms with van der Waals surface area (Å²) in [6.45, 7) is 0. The van der Waals surface area contributed by atoms with Gasteiger partial charge in [0.15, 0.2) is 0 Å². The largest absolute Gasteiger partial charge is 0.465 e. The zero-order valence-electron chi connectivity index (χ0n) is 10.0. The molecule has 0 bridgehead atoms. The number of carbonyl (C=O) groups excluding carboxylic acids is 1. The highest BCUT2D eigenvalue weighted by Gasteiger charge is 2.05. The van der Waals surface area contributed by atoms with Crippen molar-refractivity contribution < 1.29 is 9.53 Å². The van der Waals surface area contributed by atoms with Gasteiger partial charge in [0.1, 0.15) is 0 Å². The average molecular weight is 261 g/mol. The van der Waals surface area contributed by atoms with Crippen molar-refractivity contribution in [3.63, 3.8) is 0 Å². The second-order valence-corrected chi connectivity index (χ2v) is 4.36. The van der Waals surface area contributed by atoms with Gasteiger partial charge in [-0.1, -0.05) is 41.9 Å². The second-order valence-electron chi connectivity index (χ2n) is 3.96. The number of carbonyl (C=O) groups is 1. The molecule has 3 heteroatoms. The van der Waals surface area contributed by atoms with Gasteiger partial charge in [0.2, 0.25) is 0 Å². The Morgan fingerprint density at radius 3 is 2.39 bits per heavy atom. The van der Waals surface area contributed by atoms with Crippen LogP contribution >= 0.6 is 11.6 Å². The van der Waals surface area contributed by atoms with Crippen molar-refractivity contribution in [2.24, 2.45) is 0 Å². The molecule has 0 atom stereocenters. The summed E-state index contributed by atoms with van der Waals surface area (Å²) in [7, 11) is 1.37. The predicted octanol–water partition coefficient (Wildman–Crippen LogP) is 3.72. The molecule has 0 saturated heterocycles. The normalized spacial score (nSPS) is 10.1. The van der Waals surface area contributed by atoms with Crippen molar-refractivity contribution in [2.75, 3.05) is 7.11 Å². The Bertz CT molecular complexity index is 547. The predicted molar refractivity (Wildman–Crippen MR) is 72.0 cm³/mol. The Hall–Kier alpha value is -1.80. The monoisotopic (exact) mass is 260 g/mol. The van der Waals surface area contributed by atoms with Crippen LogP contribution in [0, 0.1) is 0 Å². The molecular weight excluding hydrogens is 248 g/mol. The topological polar surface area (TPSA) is 26.3 Å². The smallest absolute Gasteiger partial charge is 0.337 e. The van der Waals surface area contributed by atoms with Crippen LogP contribution in [0.4, 0.5) is 0 Å². The Kier molecular flexibility index (Phi) is 4.00. The zero-order chi connectivity index (χ0) is 13.0. The average Bonchev–Trinajstić information content (AvgIpc) is 2.41. The minimum atomic E-state index is -0.320. The molecule has 0 unspecified atom stereocenters. The lowest BCUT2D eigenvalue weighted by Gasteiger charge is -2.05. The summed E-state index contributed by atoms with van der Waals surface area (Å²) in [4.78, 5) is 11.3. The van der Waals surface area contributed by atoms with Crippen LogP contribution in [-0.2, 0) is 11.2 Å². The zero-order valence-corrected chi connectivity index (χ0v) is 10.8. The molecule has 18 heavy (non-hydrogen) atoms. The van der Waals surface area contributed by atoms with Crippen LogP contribution in [0.25, 0.3) is 0 Å². The number of rotatable bonds is 3. The van der Waals surface area contributed by atoms with Crippen LogP contribution in [0.3, 0.4) is 0 Å². The molecule has 0 N–H and O–H groups in total. The molecule has 0 heterocycles. The Morgan fingerprint density at radius 1 is 1.11 bits per heavy atom. The van der Waals surface area contributed by atoms with Crippen LogP contribution in [0.1, 0.15) is 21.5 Å². The Balaban J connectivity index is 2.16. The molecule has 0 aromatic heterocycles. The molecule has 0 radical (unpaired) electrons. The van der Waals surface area contributed by atoms with E-state index in [-0.39, 0.29) is 5.97 Å². The molecule has 0 aliphatic rings. The van der Waals surface area contributed by atoms with Crippen molar-refractivity contribution in [1.29, 1.82) is 0 Å². The van der Waals surface area contributed by atoms with E-state index in [9.17, 15) is 4.79 Å². The second kappa shape index (κ2) is 5.69. The lowest BCUT2D eigenvalue weighted by Crippen LogP contribution is -2.01. The third-order valence-electron chi connectivity index (χ3n) is 2.73. The summed E-state index contributed by atoms with van der Waals surface area (Å²) >= 11 is 6.10. The lowest BCUT2D eigenvalue weighted by molar-refractivity contribution is 0.0600. The van der Waals surface area contributed by atoms with E-state index in [1.165, 1.54) is 7.11 Å². The molecular formula is C15H13ClO2. The first-order valence-electron chi connectivity index (χ1n) is 5.61. The quantitative estimate of drug-likeness (QED) is 0.787.